The Morgan fingerprint density at radius 1 is 0.974 bits per heavy atom. The first-order valence-corrected chi connectivity index (χ1v) is 12.6. The van der Waals surface area contributed by atoms with Crippen LogP contribution in [-0.2, 0) is 11.3 Å². The van der Waals surface area contributed by atoms with Gasteiger partial charge >= 0.3 is 0 Å². The number of ketones is 1. The van der Waals surface area contributed by atoms with Gasteiger partial charge in [-0.05, 0) is 61.4 Å². The molecule has 0 bridgehead atoms. The molecule has 8 heteroatoms. The highest BCUT2D eigenvalue weighted by Gasteiger charge is 2.44. The Hall–Kier alpha value is -4.72. The molecule has 5 rings (SSSR count). The van der Waals surface area contributed by atoms with Crippen molar-refractivity contribution >= 4 is 22.7 Å². The maximum Gasteiger partial charge on any atom is 0.290 e. The predicted molar refractivity (Wildman–Crippen MR) is 145 cm³/mol. The number of nitrogens with zero attached hydrogens (tertiary/aromatic N) is 1. The van der Waals surface area contributed by atoms with Crippen molar-refractivity contribution in [1.82, 2.24) is 4.90 Å². The molecule has 0 radical (unpaired) electrons. The van der Waals surface area contributed by atoms with Crippen molar-refractivity contribution in [1.29, 1.82) is 0 Å². The van der Waals surface area contributed by atoms with Crippen molar-refractivity contribution in [3.63, 3.8) is 0 Å². The van der Waals surface area contributed by atoms with Crippen LogP contribution in [0.4, 0.5) is 0 Å². The molecular formula is C31H29NO7. The molecular weight excluding hydrogens is 498 g/mol. The van der Waals surface area contributed by atoms with Gasteiger partial charge in [-0.25, -0.2) is 0 Å². The van der Waals surface area contributed by atoms with E-state index in [4.69, 9.17) is 18.6 Å². The number of carbonyl (C=O) groups is 2. The van der Waals surface area contributed by atoms with E-state index in [0.717, 1.165) is 5.56 Å². The summed E-state index contributed by atoms with van der Waals surface area (Å²) in [6.07, 6.45) is 0.0309. The van der Waals surface area contributed by atoms with E-state index in [2.05, 4.69) is 0 Å². The van der Waals surface area contributed by atoms with Crippen LogP contribution in [0.5, 0.6) is 17.2 Å². The number of hydrogen-bond acceptors (Lipinski definition) is 7. The van der Waals surface area contributed by atoms with Gasteiger partial charge in [-0.1, -0.05) is 36.4 Å². The SMILES string of the molecule is COc1ccc(C2C(C(=O)c3cc4cccc(OC)c4o3)=C(O)C(=O)N2Cc2ccc(OC(C)C)cc2)cc1. The van der Waals surface area contributed by atoms with E-state index < -0.39 is 23.5 Å². The van der Waals surface area contributed by atoms with E-state index in [1.54, 1.807) is 55.6 Å². The molecule has 3 aromatic carbocycles. The summed E-state index contributed by atoms with van der Waals surface area (Å²) in [4.78, 5) is 28.7. The zero-order valence-corrected chi connectivity index (χ0v) is 22.1. The van der Waals surface area contributed by atoms with Crippen LogP contribution in [0, 0.1) is 0 Å². The Labute approximate surface area is 226 Å². The van der Waals surface area contributed by atoms with Crippen molar-refractivity contribution in [2.45, 2.75) is 32.5 Å². The third-order valence-electron chi connectivity index (χ3n) is 6.58. The van der Waals surface area contributed by atoms with Gasteiger partial charge in [-0.15, -0.1) is 0 Å². The summed E-state index contributed by atoms with van der Waals surface area (Å²) in [5.74, 6) is -0.0116. The highest BCUT2D eigenvalue weighted by Crippen LogP contribution is 2.41. The molecule has 1 aromatic heterocycles. The van der Waals surface area contributed by atoms with Crippen LogP contribution in [0.25, 0.3) is 11.0 Å². The Morgan fingerprint density at radius 2 is 1.67 bits per heavy atom. The van der Waals surface area contributed by atoms with Crippen molar-refractivity contribution < 1.29 is 33.3 Å². The molecule has 0 fully saturated rings. The standard InChI is InChI=1S/C31H29NO7/c1-18(2)38-23-12-8-19(9-13-23)17-32-27(20-10-14-22(36-3)15-11-20)26(29(34)31(32)35)28(33)25-16-21-6-5-7-24(37-4)30(21)39-25/h5-16,18,27,34H,17H2,1-4H3. The minimum Gasteiger partial charge on any atom is -0.503 e. The van der Waals surface area contributed by atoms with Gasteiger partial charge in [-0.2, -0.15) is 0 Å². The molecule has 0 spiro atoms. The Morgan fingerprint density at radius 3 is 2.31 bits per heavy atom. The van der Waals surface area contributed by atoms with E-state index in [0.29, 0.717) is 33.8 Å². The van der Waals surface area contributed by atoms with E-state index in [-0.39, 0.29) is 24.0 Å². The fourth-order valence-electron chi connectivity index (χ4n) is 4.77. The third-order valence-corrected chi connectivity index (χ3v) is 6.58. The number of aliphatic hydroxyl groups is 1. The quantitative estimate of drug-likeness (QED) is 0.266. The van der Waals surface area contributed by atoms with Crippen LogP contribution >= 0.6 is 0 Å². The van der Waals surface area contributed by atoms with E-state index in [1.165, 1.54) is 12.0 Å². The van der Waals surface area contributed by atoms with E-state index in [1.807, 2.05) is 38.1 Å². The van der Waals surface area contributed by atoms with Crippen LogP contribution in [0.1, 0.15) is 41.6 Å². The van der Waals surface area contributed by atoms with Gasteiger partial charge in [0.2, 0.25) is 5.78 Å². The molecule has 0 saturated carbocycles. The maximum atomic E-state index is 13.9. The number of amides is 1. The number of furan rings is 1. The lowest BCUT2D eigenvalue weighted by Gasteiger charge is -2.27. The second-order valence-electron chi connectivity index (χ2n) is 9.50. The fraction of sp³-hybridized carbons (Fsp3) is 0.226. The number of ether oxygens (including phenoxy) is 3. The van der Waals surface area contributed by atoms with Crippen molar-refractivity contribution in [2.24, 2.45) is 0 Å². The lowest BCUT2D eigenvalue weighted by molar-refractivity contribution is -0.130. The second-order valence-corrected chi connectivity index (χ2v) is 9.50. The summed E-state index contributed by atoms with van der Waals surface area (Å²) in [5, 5.41) is 11.7. The molecule has 0 aliphatic carbocycles. The Balaban J connectivity index is 1.54. The monoisotopic (exact) mass is 527 g/mol. The van der Waals surface area contributed by atoms with Crippen LogP contribution in [0.3, 0.4) is 0 Å². The number of fused-ring (bicyclic) bond motifs is 1. The minimum atomic E-state index is -0.849. The Kier molecular flexibility index (Phi) is 7.02. The van der Waals surface area contributed by atoms with Gasteiger partial charge in [0.25, 0.3) is 5.91 Å². The third kappa shape index (κ3) is 4.93. The van der Waals surface area contributed by atoms with Gasteiger partial charge in [0.15, 0.2) is 22.9 Å². The predicted octanol–water partition coefficient (Wildman–Crippen LogP) is 6.02. The number of methoxy groups -OCH3 is 2. The molecule has 1 N–H and O–H groups in total. The van der Waals surface area contributed by atoms with Crippen molar-refractivity contribution in [3.8, 4) is 17.2 Å². The second kappa shape index (κ2) is 10.6. The molecule has 8 nitrogen and oxygen atoms in total. The van der Waals surface area contributed by atoms with Crippen LogP contribution in [0.15, 0.2) is 88.5 Å². The highest BCUT2D eigenvalue weighted by atomic mass is 16.5. The summed E-state index contributed by atoms with van der Waals surface area (Å²) in [6.45, 7) is 4.05. The van der Waals surface area contributed by atoms with Gasteiger partial charge in [-0.3, -0.25) is 9.59 Å². The van der Waals surface area contributed by atoms with Gasteiger partial charge in [0.05, 0.1) is 31.9 Å². The fourth-order valence-corrected chi connectivity index (χ4v) is 4.77. The molecule has 1 amide bonds. The number of Topliss-reactive ketones (excluding diaryl/α,β-unsaturated/α-hetero) is 1. The molecule has 4 aromatic rings. The average molecular weight is 528 g/mol. The summed E-state index contributed by atoms with van der Waals surface area (Å²) in [5.41, 5.74) is 1.82. The number of hydrogen-bond donors (Lipinski definition) is 1. The number of benzene rings is 3. The number of carbonyl (C=O) groups excluding carboxylic acids is 2. The molecule has 1 aliphatic heterocycles. The van der Waals surface area contributed by atoms with Crippen molar-refractivity contribution in [3.05, 3.63) is 101 Å². The summed E-state index contributed by atoms with van der Waals surface area (Å²) in [6, 6.07) is 20.5. The van der Waals surface area contributed by atoms with Crippen LogP contribution in [-0.4, -0.2) is 42.0 Å². The number of rotatable bonds is 9. The minimum absolute atomic E-state index is 0.000557. The molecule has 0 saturated heterocycles. The molecule has 1 unspecified atom stereocenters. The Bertz CT molecular complexity index is 1550. The first kappa shape index (κ1) is 25.9. The molecule has 1 atom stereocenters. The van der Waals surface area contributed by atoms with E-state index >= 15 is 0 Å². The van der Waals surface area contributed by atoms with Crippen molar-refractivity contribution in [2.75, 3.05) is 14.2 Å². The molecule has 39 heavy (non-hydrogen) atoms. The average Bonchev–Trinajstić information content (AvgIpc) is 3.48. The first-order valence-electron chi connectivity index (χ1n) is 12.6. The van der Waals surface area contributed by atoms with Gasteiger partial charge in [0.1, 0.15) is 11.5 Å². The summed E-state index contributed by atoms with van der Waals surface area (Å²) < 4.78 is 22.3. The molecule has 200 valence electrons. The number of aliphatic hydroxyl groups excluding tert-OH is 1. The first-order chi connectivity index (χ1) is 18.8. The lowest BCUT2D eigenvalue weighted by atomic mass is 9.94. The lowest BCUT2D eigenvalue weighted by Crippen LogP contribution is -2.30. The summed E-state index contributed by atoms with van der Waals surface area (Å²) >= 11 is 0. The highest BCUT2D eigenvalue weighted by molar-refractivity contribution is 6.16. The van der Waals surface area contributed by atoms with Crippen LogP contribution in [0.2, 0.25) is 0 Å². The van der Waals surface area contributed by atoms with Gasteiger partial charge in [0, 0.05) is 11.9 Å². The molecule has 2 heterocycles. The zero-order chi connectivity index (χ0) is 27.7. The maximum absolute atomic E-state index is 13.9. The number of para-hydroxylation sites is 1. The normalized spacial score (nSPS) is 15.4. The zero-order valence-electron chi connectivity index (χ0n) is 22.1. The van der Waals surface area contributed by atoms with Gasteiger partial charge < -0.3 is 28.6 Å². The summed E-state index contributed by atoms with van der Waals surface area (Å²) in [7, 11) is 3.07. The van der Waals surface area contributed by atoms with Crippen LogP contribution < -0.4 is 14.2 Å². The smallest absolute Gasteiger partial charge is 0.290 e. The topological polar surface area (TPSA) is 98.4 Å². The van der Waals surface area contributed by atoms with E-state index in [9.17, 15) is 14.7 Å². The molecule has 1 aliphatic rings. The largest absolute Gasteiger partial charge is 0.503 e.